The van der Waals surface area contributed by atoms with Crippen LogP contribution in [0, 0.1) is 5.92 Å². The first-order chi connectivity index (χ1) is 6.63. The van der Waals surface area contributed by atoms with Crippen LogP contribution in [0.5, 0.6) is 0 Å². The third-order valence-corrected chi connectivity index (χ3v) is 2.51. The molecule has 88 valence electrons. The Hall–Kier alpha value is -0.880. The molecule has 1 amide bonds. The Kier molecular flexibility index (Phi) is 4.96. The number of amides is 1. The molecule has 0 aliphatic rings. The second kappa shape index (κ2) is 5.27. The Morgan fingerprint density at radius 1 is 1.40 bits per heavy atom. The monoisotopic (exact) mass is 234 g/mol. The number of carbonyl (C=O) groups excluding carboxylic acids is 1. The van der Waals surface area contributed by atoms with Crippen molar-refractivity contribution in [3.8, 4) is 0 Å². The summed E-state index contributed by atoms with van der Waals surface area (Å²) >= 11 is 0. The lowest BCUT2D eigenvalue weighted by Gasteiger charge is -2.10. The predicted octanol–water partition coefficient (Wildman–Crippen LogP) is -0.00820. The molecule has 0 spiro atoms. The molecule has 6 heteroatoms. The highest BCUT2D eigenvalue weighted by Crippen LogP contribution is 2.08. The van der Waals surface area contributed by atoms with E-state index in [9.17, 15) is 13.2 Å². The minimum Gasteiger partial charge on any atom is -0.317 e. The standard InChI is InChI=1S/C9H18N2O3S/c1-6(2)7(3)5-8(10)9(12)11-15(4,13)14/h5-6,8H,10H2,1-4H3,(H,11,12)/b7-5+/t8-/m0/s1. The van der Waals surface area contributed by atoms with Crippen LogP contribution in [0.1, 0.15) is 20.8 Å². The molecule has 0 aromatic carbocycles. The van der Waals surface area contributed by atoms with Crippen molar-refractivity contribution < 1.29 is 13.2 Å². The summed E-state index contributed by atoms with van der Waals surface area (Å²) in [5.74, 6) is -0.431. The van der Waals surface area contributed by atoms with Gasteiger partial charge in [0.2, 0.25) is 10.0 Å². The van der Waals surface area contributed by atoms with E-state index in [0.29, 0.717) is 0 Å². The normalized spacial score (nSPS) is 15.2. The van der Waals surface area contributed by atoms with E-state index in [4.69, 9.17) is 5.73 Å². The van der Waals surface area contributed by atoms with Gasteiger partial charge >= 0.3 is 0 Å². The van der Waals surface area contributed by atoms with Gasteiger partial charge < -0.3 is 5.73 Å². The van der Waals surface area contributed by atoms with Gasteiger partial charge in [-0.25, -0.2) is 8.42 Å². The molecule has 0 radical (unpaired) electrons. The molecular weight excluding hydrogens is 216 g/mol. The van der Waals surface area contributed by atoms with Gasteiger partial charge in [-0.1, -0.05) is 25.5 Å². The zero-order valence-electron chi connectivity index (χ0n) is 9.44. The van der Waals surface area contributed by atoms with Gasteiger partial charge in [0, 0.05) is 0 Å². The van der Waals surface area contributed by atoms with E-state index in [1.807, 2.05) is 25.5 Å². The minimum atomic E-state index is -3.53. The van der Waals surface area contributed by atoms with E-state index in [2.05, 4.69) is 0 Å². The molecule has 0 fully saturated rings. The molecule has 3 N–H and O–H groups in total. The van der Waals surface area contributed by atoms with Crippen molar-refractivity contribution in [2.75, 3.05) is 6.26 Å². The van der Waals surface area contributed by atoms with Gasteiger partial charge in [0.1, 0.15) is 6.04 Å². The number of allylic oxidation sites excluding steroid dienone is 1. The van der Waals surface area contributed by atoms with Gasteiger partial charge in [-0.15, -0.1) is 0 Å². The van der Waals surface area contributed by atoms with Crippen LogP contribution >= 0.6 is 0 Å². The van der Waals surface area contributed by atoms with Crippen LogP contribution in [-0.4, -0.2) is 26.6 Å². The Morgan fingerprint density at radius 3 is 2.20 bits per heavy atom. The molecule has 0 saturated carbocycles. The summed E-state index contributed by atoms with van der Waals surface area (Å²) in [5.41, 5.74) is 6.46. The molecule has 15 heavy (non-hydrogen) atoms. The maximum Gasteiger partial charge on any atom is 0.254 e. The average molecular weight is 234 g/mol. The maximum absolute atomic E-state index is 11.3. The number of nitrogens with one attached hydrogen (secondary N) is 1. The van der Waals surface area contributed by atoms with Gasteiger partial charge in [0.15, 0.2) is 0 Å². The van der Waals surface area contributed by atoms with Crippen LogP contribution in [0.3, 0.4) is 0 Å². The summed E-state index contributed by atoms with van der Waals surface area (Å²) in [5, 5.41) is 0. The van der Waals surface area contributed by atoms with Crippen molar-refractivity contribution in [2.24, 2.45) is 11.7 Å². The zero-order chi connectivity index (χ0) is 12.2. The SMILES string of the molecule is C/C(=C\[C@H](N)C(=O)NS(C)(=O)=O)C(C)C. The molecule has 0 rings (SSSR count). The molecule has 1 atom stereocenters. The molecule has 0 heterocycles. The highest BCUT2D eigenvalue weighted by Gasteiger charge is 2.15. The zero-order valence-corrected chi connectivity index (χ0v) is 10.3. The Labute approximate surface area is 90.8 Å². The third kappa shape index (κ3) is 6.24. The number of nitrogens with two attached hydrogens (primary N) is 1. The molecule has 0 aliphatic heterocycles. The summed E-state index contributed by atoms with van der Waals surface area (Å²) in [4.78, 5) is 11.3. The lowest BCUT2D eigenvalue weighted by atomic mass is 10.0. The van der Waals surface area contributed by atoms with Crippen LogP contribution in [0.15, 0.2) is 11.6 Å². The predicted molar refractivity (Wildman–Crippen MR) is 59.6 cm³/mol. The van der Waals surface area contributed by atoms with Crippen molar-refractivity contribution in [1.82, 2.24) is 4.72 Å². The van der Waals surface area contributed by atoms with E-state index in [1.54, 1.807) is 6.08 Å². The van der Waals surface area contributed by atoms with Crippen molar-refractivity contribution >= 4 is 15.9 Å². The van der Waals surface area contributed by atoms with E-state index >= 15 is 0 Å². The van der Waals surface area contributed by atoms with Crippen LogP contribution in [0.4, 0.5) is 0 Å². The second-order valence-corrected chi connectivity index (χ2v) is 5.58. The Morgan fingerprint density at radius 2 is 1.87 bits per heavy atom. The first-order valence-electron chi connectivity index (χ1n) is 4.59. The van der Waals surface area contributed by atoms with Gasteiger partial charge in [-0.3, -0.25) is 9.52 Å². The smallest absolute Gasteiger partial charge is 0.254 e. The van der Waals surface area contributed by atoms with E-state index in [-0.39, 0.29) is 5.92 Å². The summed E-state index contributed by atoms with van der Waals surface area (Å²) in [6.07, 6.45) is 2.47. The maximum atomic E-state index is 11.3. The van der Waals surface area contributed by atoms with E-state index in [1.165, 1.54) is 0 Å². The topological polar surface area (TPSA) is 89.3 Å². The highest BCUT2D eigenvalue weighted by molar-refractivity contribution is 7.89. The molecular formula is C9H18N2O3S. The van der Waals surface area contributed by atoms with Crippen LogP contribution in [-0.2, 0) is 14.8 Å². The van der Waals surface area contributed by atoms with Crippen LogP contribution in [0.25, 0.3) is 0 Å². The van der Waals surface area contributed by atoms with E-state index in [0.717, 1.165) is 11.8 Å². The summed E-state index contributed by atoms with van der Waals surface area (Å²) in [7, 11) is -3.53. The molecule has 5 nitrogen and oxygen atoms in total. The van der Waals surface area contributed by atoms with Crippen molar-refractivity contribution in [3.63, 3.8) is 0 Å². The van der Waals surface area contributed by atoms with Crippen molar-refractivity contribution in [1.29, 1.82) is 0 Å². The first-order valence-corrected chi connectivity index (χ1v) is 6.48. The number of carbonyl (C=O) groups is 1. The Bertz CT molecular complexity index is 358. The van der Waals surface area contributed by atoms with Crippen LogP contribution < -0.4 is 10.5 Å². The number of hydrogen-bond donors (Lipinski definition) is 2. The van der Waals surface area contributed by atoms with E-state index < -0.39 is 22.0 Å². The fourth-order valence-electron chi connectivity index (χ4n) is 0.802. The largest absolute Gasteiger partial charge is 0.317 e. The Balaban J connectivity index is 4.54. The third-order valence-electron chi connectivity index (χ3n) is 1.94. The van der Waals surface area contributed by atoms with Gasteiger partial charge in [0.25, 0.3) is 5.91 Å². The first kappa shape index (κ1) is 14.1. The summed E-state index contributed by atoms with van der Waals surface area (Å²) in [6, 6.07) is -0.929. The quantitative estimate of drug-likeness (QED) is 0.670. The summed E-state index contributed by atoms with van der Waals surface area (Å²) < 4.78 is 23.3. The molecule has 0 aliphatic carbocycles. The lowest BCUT2D eigenvalue weighted by Crippen LogP contribution is -2.42. The fraction of sp³-hybridized carbons (Fsp3) is 0.667. The van der Waals surface area contributed by atoms with Gasteiger partial charge in [-0.05, 0) is 12.8 Å². The summed E-state index contributed by atoms with van der Waals surface area (Å²) in [6.45, 7) is 5.78. The number of hydrogen-bond acceptors (Lipinski definition) is 4. The molecule has 0 aromatic heterocycles. The van der Waals surface area contributed by atoms with Crippen molar-refractivity contribution in [2.45, 2.75) is 26.8 Å². The number of rotatable bonds is 4. The van der Waals surface area contributed by atoms with Gasteiger partial charge in [-0.2, -0.15) is 0 Å². The molecule has 0 unspecified atom stereocenters. The van der Waals surface area contributed by atoms with Gasteiger partial charge in [0.05, 0.1) is 6.26 Å². The average Bonchev–Trinajstić information content (AvgIpc) is 2.00. The highest BCUT2D eigenvalue weighted by atomic mass is 32.2. The second-order valence-electron chi connectivity index (χ2n) is 3.83. The molecule has 0 aromatic rings. The molecule has 0 saturated heterocycles. The van der Waals surface area contributed by atoms with Crippen LogP contribution in [0.2, 0.25) is 0 Å². The molecule has 0 bridgehead atoms. The van der Waals surface area contributed by atoms with Crippen molar-refractivity contribution in [3.05, 3.63) is 11.6 Å². The lowest BCUT2D eigenvalue weighted by molar-refractivity contribution is -0.119. The minimum absolute atomic E-state index is 0.280. The fourth-order valence-corrected chi connectivity index (χ4v) is 1.30. The number of sulfonamides is 1.